The Labute approximate surface area is 203 Å². The lowest BCUT2D eigenvalue weighted by molar-refractivity contribution is 1.18. The zero-order valence-corrected chi connectivity index (χ0v) is 19.1. The van der Waals surface area contributed by atoms with Crippen LogP contribution in [0.15, 0.2) is 133 Å². The number of aromatic nitrogens is 2. The van der Waals surface area contributed by atoms with E-state index in [1.807, 2.05) is 6.07 Å². The molecule has 35 heavy (non-hydrogen) atoms. The van der Waals surface area contributed by atoms with Gasteiger partial charge in [0.05, 0.1) is 22.2 Å². The van der Waals surface area contributed by atoms with Gasteiger partial charge < -0.3 is 4.57 Å². The molecule has 0 fully saturated rings. The Bertz CT molecular complexity index is 1840. The van der Waals surface area contributed by atoms with E-state index in [0.717, 1.165) is 22.2 Å². The third kappa shape index (κ3) is 3.31. The molecule has 0 spiro atoms. The molecule has 0 unspecified atom stereocenters. The van der Waals surface area contributed by atoms with Gasteiger partial charge in [-0.3, -0.25) is 0 Å². The molecule has 2 nitrogen and oxygen atoms in total. The molecule has 7 rings (SSSR count). The molecule has 0 saturated carbocycles. The molecule has 0 bridgehead atoms. The van der Waals surface area contributed by atoms with Gasteiger partial charge in [-0.1, -0.05) is 84.9 Å². The number of nitrogens with zero attached hydrogens (tertiary/aromatic N) is 2. The highest BCUT2D eigenvalue weighted by atomic mass is 15.0. The summed E-state index contributed by atoms with van der Waals surface area (Å²) in [6.45, 7) is 0. The van der Waals surface area contributed by atoms with Crippen molar-refractivity contribution in [1.82, 2.24) is 9.55 Å². The molecule has 2 heteroatoms. The minimum atomic E-state index is 0.993. The van der Waals surface area contributed by atoms with Crippen LogP contribution < -0.4 is 0 Å². The zero-order chi connectivity index (χ0) is 23.2. The standard InChI is InChI=1S/C33H22N2/c1-2-12-27(13-3-1)35-32-16-7-5-14-28(32)29-22-25(18-20-33(29)35)24-10-8-11-26(21-24)31-19-17-23-9-4-6-15-30(23)34-31/h1-22H. The average molecular weight is 447 g/mol. The van der Waals surface area contributed by atoms with Crippen LogP contribution in [0.2, 0.25) is 0 Å². The van der Waals surface area contributed by atoms with E-state index in [0.29, 0.717) is 0 Å². The number of para-hydroxylation sites is 3. The highest BCUT2D eigenvalue weighted by molar-refractivity contribution is 6.10. The van der Waals surface area contributed by atoms with Crippen LogP contribution in [0.4, 0.5) is 0 Å². The normalized spacial score (nSPS) is 11.4. The fourth-order valence-electron chi connectivity index (χ4n) is 5.09. The summed E-state index contributed by atoms with van der Waals surface area (Å²) < 4.78 is 2.35. The van der Waals surface area contributed by atoms with Gasteiger partial charge in [-0.25, -0.2) is 4.98 Å². The Morgan fingerprint density at radius 2 is 1.20 bits per heavy atom. The zero-order valence-electron chi connectivity index (χ0n) is 19.1. The number of benzene rings is 5. The van der Waals surface area contributed by atoms with Crippen LogP contribution in [0.1, 0.15) is 0 Å². The van der Waals surface area contributed by atoms with E-state index in [1.165, 1.54) is 38.6 Å². The minimum Gasteiger partial charge on any atom is -0.309 e. The van der Waals surface area contributed by atoms with Crippen LogP contribution in [-0.2, 0) is 0 Å². The monoisotopic (exact) mass is 446 g/mol. The predicted molar refractivity (Wildman–Crippen MR) is 147 cm³/mol. The van der Waals surface area contributed by atoms with E-state index in [9.17, 15) is 0 Å². The van der Waals surface area contributed by atoms with Crippen molar-refractivity contribution in [3.05, 3.63) is 133 Å². The van der Waals surface area contributed by atoms with Gasteiger partial charge in [0, 0.05) is 27.4 Å². The Hall–Kier alpha value is -4.69. The molecule has 0 amide bonds. The molecule has 2 aromatic heterocycles. The highest BCUT2D eigenvalue weighted by Crippen LogP contribution is 2.35. The first-order valence-electron chi connectivity index (χ1n) is 11.9. The third-order valence-corrected chi connectivity index (χ3v) is 6.78. The van der Waals surface area contributed by atoms with Crippen molar-refractivity contribution in [3.63, 3.8) is 0 Å². The van der Waals surface area contributed by atoms with Gasteiger partial charge >= 0.3 is 0 Å². The molecule has 0 N–H and O–H groups in total. The number of fused-ring (bicyclic) bond motifs is 4. The van der Waals surface area contributed by atoms with Gasteiger partial charge in [-0.05, 0) is 59.7 Å². The van der Waals surface area contributed by atoms with E-state index in [2.05, 4.69) is 132 Å². The Kier molecular flexibility index (Phi) is 4.49. The van der Waals surface area contributed by atoms with Crippen LogP contribution >= 0.6 is 0 Å². The molecule has 0 saturated heterocycles. The lowest BCUT2D eigenvalue weighted by Crippen LogP contribution is -1.92. The molecule has 7 aromatic rings. The summed E-state index contributed by atoms with van der Waals surface area (Å²) in [7, 11) is 0. The maximum Gasteiger partial charge on any atom is 0.0709 e. The second kappa shape index (κ2) is 7.96. The van der Waals surface area contributed by atoms with Crippen LogP contribution in [-0.4, -0.2) is 9.55 Å². The Morgan fingerprint density at radius 3 is 2.14 bits per heavy atom. The van der Waals surface area contributed by atoms with Crippen molar-refractivity contribution in [2.45, 2.75) is 0 Å². The van der Waals surface area contributed by atoms with Crippen molar-refractivity contribution in [2.24, 2.45) is 0 Å². The van der Waals surface area contributed by atoms with Gasteiger partial charge in [0.2, 0.25) is 0 Å². The molecule has 0 aliphatic carbocycles. The van der Waals surface area contributed by atoms with E-state index in [-0.39, 0.29) is 0 Å². The smallest absolute Gasteiger partial charge is 0.0709 e. The second-order valence-corrected chi connectivity index (χ2v) is 8.89. The minimum absolute atomic E-state index is 0.993. The first-order chi connectivity index (χ1) is 17.3. The summed E-state index contributed by atoms with van der Waals surface area (Å²) in [5.41, 5.74) is 9.15. The van der Waals surface area contributed by atoms with E-state index in [1.54, 1.807) is 0 Å². The lowest BCUT2D eigenvalue weighted by atomic mass is 9.99. The molecule has 5 aromatic carbocycles. The van der Waals surface area contributed by atoms with Gasteiger partial charge in [0.1, 0.15) is 0 Å². The summed E-state index contributed by atoms with van der Waals surface area (Å²) in [5, 5.41) is 3.68. The maximum atomic E-state index is 4.90. The molecular weight excluding hydrogens is 424 g/mol. The maximum absolute atomic E-state index is 4.90. The van der Waals surface area contributed by atoms with Crippen LogP contribution in [0.5, 0.6) is 0 Å². The summed E-state index contributed by atoms with van der Waals surface area (Å²) in [6.07, 6.45) is 0. The topological polar surface area (TPSA) is 17.8 Å². The van der Waals surface area contributed by atoms with Crippen LogP contribution in [0, 0.1) is 0 Å². The summed E-state index contributed by atoms with van der Waals surface area (Å²) in [5.74, 6) is 0. The number of hydrogen-bond donors (Lipinski definition) is 0. The van der Waals surface area contributed by atoms with Crippen LogP contribution in [0.25, 0.3) is 60.8 Å². The highest BCUT2D eigenvalue weighted by Gasteiger charge is 2.13. The lowest BCUT2D eigenvalue weighted by Gasteiger charge is -2.09. The molecule has 0 aliphatic rings. The van der Waals surface area contributed by atoms with Gasteiger partial charge in [0.25, 0.3) is 0 Å². The summed E-state index contributed by atoms with van der Waals surface area (Å²) in [6, 6.07) is 47.2. The van der Waals surface area contributed by atoms with E-state index in [4.69, 9.17) is 4.98 Å². The first-order valence-corrected chi connectivity index (χ1v) is 11.9. The van der Waals surface area contributed by atoms with Crippen molar-refractivity contribution in [2.75, 3.05) is 0 Å². The first kappa shape index (κ1) is 19.7. The van der Waals surface area contributed by atoms with Crippen molar-refractivity contribution in [3.8, 4) is 28.1 Å². The molecule has 2 heterocycles. The van der Waals surface area contributed by atoms with Crippen molar-refractivity contribution < 1.29 is 0 Å². The SMILES string of the molecule is c1ccc(-n2c3ccccc3c3cc(-c4cccc(-c5ccc6ccccc6n5)c4)ccc32)cc1. The molecule has 0 aliphatic heterocycles. The third-order valence-electron chi connectivity index (χ3n) is 6.78. The second-order valence-electron chi connectivity index (χ2n) is 8.89. The molecule has 0 atom stereocenters. The van der Waals surface area contributed by atoms with Crippen molar-refractivity contribution in [1.29, 1.82) is 0 Å². The van der Waals surface area contributed by atoms with E-state index >= 15 is 0 Å². The van der Waals surface area contributed by atoms with Gasteiger partial charge in [-0.15, -0.1) is 0 Å². The van der Waals surface area contributed by atoms with Gasteiger partial charge in [-0.2, -0.15) is 0 Å². The summed E-state index contributed by atoms with van der Waals surface area (Å²) in [4.78, 5) is 4.90. The number of pyridine rings is 1. The van der Waals surface area contributed by atoms with Crippen molar-refractivity contribution >= 4 is 32.7 Å². The average Bonchev–Trinajstić information content (AvgIpc) is 3.27. The molecule has 0 radical (unpaired) electrons. The number of hydrogen-bond acceptors (Lipinski definition) is 1. The Balaban J connectivity index is 1.38. The Morgan fingerprint density at radius 1 is 0.457 bits per heavy atom. The molecular formula is C33H22N2. The summed E-state index contributed by atoms with van der Waals surface area (Å²) >= 11 is 0. The van der Waals surface area contributed by atoms with Crippen LogP contribution in [0.3, 0.4) is 0 Å². The van der Waals surface area contributed by atoms with E-state index < -0.39 is 0 Å². The molecule has 164 valence electrons. The van der Waals surface area contributed by atoms with Gasteiger partial charge in [0.15, 0.2) is 0 Å². The largest absolute Gasteiger partial charge is 0.309 e. The predicted octanol–water partition coefficient (Wildman–Crippen LogP) is 8.67. The number of rotatable bonds is 3. The quantitative estimate of drug-likeness (QED) is 0.265. The fourth-order valence-corrected chi connectivity index (χ4v) is 5.09. The fraction of sp³-hybridized carbons (Fsp3) is 0.